The molecule has 0 amide bonds. The van der Waals surface area contributed by atoms with E-state index < -0.39 is 18.1 Å². The number of allylic oxidation sites excluding steroid dienone is 1. The molecule has 20 heavy (non-hydrogen) atoms. The summed E-state index contributed by atoms with van der Waals surface area (Å²) < 4.78 is 26.3. The van der Waals surface area contributed by atoms with Crippen LogP contribution >= 0.6 is 0 Å². The molecule has 0 aromatic rings. The summed E-state index contributed by atoms with van der Waals surface area (Å²) in [7, 11) is -0.475. The van der Waals surface area contributed by atoms with E-state index in [0.29, 0.717) is 19.8 Å². The van der Waals surface area contributed by atoms with E-state index in [4.69, 9.17) is 22.1 Å². The molecule has 120 valence electrons. The first-order valence-corrected chi connectivity index (χ1v) is 10.4. The summed E-state index contributed by atoms with van der Waals surface area (Å²) in [6.45, 7) is 14.8. The van der Waals surface area contributed by atoms with Gasteiger partial charge in [-0.05, 0) is 26.5 Å². The van der Waals surface area contributed by atoms with Crippen molar-refractivity contribution in [2.45, 2.75) is 26.8 Å². The van der Waals surface area contributed by atoms with E-state index in [1.54, 1.807) is 19.9 Å². The molecule has 0 aromatic heterocycles. The van der Waals surface area contributed by atoms with Crippen LogP contribution in [0, 0.1) is 0 Å². The Hall–Kier alpha value is -0.286. The van der Waals surface area contributed by atoms with Crippen molar-refractivity contribution < 1.29 is 22.1 Å². The third-order valence-corrected chi connectivity index (χ3v) is 6.51. The van der Waals surface area contributed by atoms with Crippen LogP contribution in [-0.2, 0) is 22.1 Å². The van der Waals surface area contributed by atoms with Gasteiger partial charge in [-0.2, -0.15) is 0 Å². The van der Waals surface area contributed by atoms with E-state index in [1.807, 2.05) is 26.8 Å². The van der Waals surface area contributed by atoms with Crippen molar-refractivity contribution in [3.63, 3.8) is 0 Å². The zero-order chi connectivity index (χ0) is 15.9. The molecule has 0 aliphatic carbocycles. The summed E-state index contributed by atoms with van der Waals surface area (Å²) in [4.78, 5) is 0. The standard InChI is InChI=1S/C8H18O3Si.C5H12O2Si/c1-5-9-12(8-4,10-6-2)11-7-3;1-4-5-8(6-2)7-3/h8H,4-7H2,1-3H3;4,8H,1,5H2,2-3H3. The van der Waals surface area contributed by atoms with Crippen LogP contribution in [0.4, 0.5) is 0 Å². The predicted molar refractivity (Wildman–Crippen MR) is 87.0 cm³/mol. The molecule has 7 heteroatoms. The first-order chi connectivity index (χ1) is 9.59. The minimum absolute atomic E-state index is 0.595. The second kappa shape index (κ2) is 15.1. The molecule has 0 bridgehead atoms. The fraction of sp³-hybridized carbons (Fsp3) is 0.692. The van der Waals surface area contributed by atoms with Gasteiger partial charge in [-0.3, -0.25) is 0 Å². The van der Waals surface area contributed by atoms with Gasteiger partial charge in [-0.25, -0.2) is 0 Å². The Kier molecular flexibility index (Phi) is 16.6. The Labute approximate surface area is 126 Å². The van der Waals surface area contributed by atoms with Crippen LogP contribution in [0.3, 0.4) is 0 Å². The van der Waals surface area contributed by atoms with Gasteiger partial charge in [0, 0.05) is 40.1 Å². The summed E-state index contributed by atoms with van der Waals surface area (Å²) in [5, 5.41) is 0. The van der Waals surface area contributed by atoms with Gasteiger partial charge in [0.25, 0.3) is 0 Å². The monoisotopic (exact) mass is 322 g/mol. The van der Waals surface area contributed by atoms with Gasteiger partial charge in [0.05, 0.1) is 0 Å². The van der Waals surface area contributed by atoms with Gasteiger partial charge in [-0.15, -0.1) is 6.58 Å². The molecule has 0 spiro atoms. The Morgan fingerprint density at radius 3 is 1.45 bits per heavy atom. The summed E-state index contributed by atoms with van der Waals surface area (Å²) >= 11 is 0. The van der Waals surface area contributed by atoms with Crippen LogP contribution in [-0.4, -0.2) is 52.1 Å². The Balaban J connectivity index is 0. The Bertz CT molecular complexity index is 218. The van der Waals surface area contributed by atoms with E-state index in [9.17, 15) is 0 Å². The lowest BCUT2D eigenvalue weighted by atomic mass is 10.8. The highest BCUT2D eigenvalue weighted by Gasteiger charge is 2.36. The van der Waals surface area contributed by atoms with Crippen molar-refractivity contribution in [3.8, 4) is 0 Å². The molecule has 5 nitrogen and oxygen atoms in total. The minimum Gasteiger partial charge on any atom is -0.400 e. The van der Waals surface area contributed by atoms with Crippen molar-refractivity contribution in [2.24, 2.45) is 0 Å². The topological polar surface area (TPSA) is 46.2 Å². The fourth-order valence-corrected chi connectivity index (χ4v) is 3.99. The second-order valence-corrected chi connectivity index (χ2v) is 8.29. The van der Waals surface area contributed by atoms with Gasteiger partial charge < -0.3 is 22.1 Å². The molecular formula is C13H30O5Si2. The molecule has 0 aliphatic heterocycles. The zero-order valence-electron chi connectivity index (χ0n) is 13.5. The molecule has 0 unspecified atom stereocenters. The van der Waals surface area contributed by atoms with Crippen molar-refractivity contribution >= 4 is 18.1 Å². The van der Waals surface area contributed by atoms with Gasteiger partial charge >= 0.3 is 18.1 Å². The SMILES string of the molecule is C=CC[SiH](OC)OC.C=C[Si](OCC)(OCC)OCC. The van der Waals surface area contributed by atoms with E-state index in [0.717, 1.165) is 6.04 Å². The van der Waals surface area contributed by atoms with Crippen molar-refractivity contribution in [1.29, 1.82) is 0 Å². The van der Waals surface area contributed by atoms with E-state index in [1.165, 1.54) is 0 Å². The molecule has 0 fully saturated rings. The third-order valence-electron chi connectivity index (χ3n) is 2.17. The molecule has 0 aromatic carbocycles. The number of hydrogen-bond acceptors (Lipinski definition) is 5. The first kappa shape index (κ1) is 22.0. The van der Waals surface area contributed by atoms with Crippen LogP contribution in [0.5, 0.6) is 0 Å². The van der Waals surface area contributed by atoms with Crippen LogP contribution < -0.4 is 0 Å². The maximum atomic E-state index is 5.44. The first-order valence-electron chi connectivity index (χ1n) is 6.81. The number of hydrogen-bond donors (Lipinski definition) is 0. The minimum atomic E-state index is -2.51. The van der Waals surface area contributed by atoms with Crippen LogP contribution in [0.1, 0.15) is 20.8 Å². The van der Waals surface area contributed by atoms with Crippen molar-refractivity contribution in [3.05, 3.63) is 24.9 Å². The zero-order valence-corrected chi connectivity index (χ0v) is 15.7. The molecule has 0 N–H and O–H groups in total. The summed E-state index contributed by atoms with van der Waals surface area (Å²) in [5.41, 5.74) is 1.67. The lowest BCUT2D eigenvalue weighted by molar-refractivity contribution is 0.0844. The molecule has 0 atom stereocenters. The van der Waals surface area contributed by atoms with Gasteiger partial charge in [0.15, 0.2) is 0 Å². The van der Waals surface area contributed by atoms with Gasteiger partial charge in [-0.1, -0.05) is 12.7 Å². The summed E-state index contributed by atoms with van der Waals surface area (Å²) in [6, 6.07) is 0.882. The van der Waals surface area contributed by atoms with E-state index in [-0.39, 0.29) is 0 Å². The highest BCUT2D eigenvalue weighted by atomic mass is 28.4. The van der Waals surface area contributed by atoms with Crippen LogP contribution in [0.25, 0.3) is 0 Å². The van der Waals surface area contributed by atoms with Crippen molar-refractivity contribution in [2.75, 3.05) is 34.0 Å². The van der Waals surface area contributed by atoms with Crippen LogP contribution in [0.2, 0.25) is 6.04 Å². The van der Waals surface area contributed by atoms with Crippen LogP contribution in [0.15, 0.2) is 24.9 Å². The maximum absolute atomic E-state index is 5.44. The summed E-state index contributed by atoms with van der Waals surface area (Å²) in [6.07, 6.45) is 1.82. The quantitative estimate of drug-likeness (QED) is 0.432. The second-order valence-electron chi connectivity index (χ2n) is 3.53. The average molecular weight is 323 g/mol. The predicted octanol–water partition coefficient (Wildman–Crippen LogP) is 2.45. The fourth-order valence-electron chi connectivity index (χ4n) is 1.33. The third kappa shape index (κ3) is 10.5. The Morgan fingerprint density at radius 1 is 0.900 bits per heavy atom. The molecule has 0 heterocycles. The molecular weight excluding hydrogens is 292 g/mol. The Morgan fingerprint density at radius 2 is 1.30 bits per heavy atom. The molecule has 0 aliphatic rings. The molecule has 0 saturated carbocycles. The molecule has 0 rings (SSSR count). The molecule has 0 saturated heterocycles. The maximum Gasteiger partial charge on any atom is 0.528 e. The van der Waals surface area contributed by atoms with Crippen molar-refractivity contribution in [1.82, 2.24) is 0 Å². The van der Waals surface area contributed by atoms with E-state index >= 15 is 0 Å². The highest BCUT2D eigenvalue weighted by molar-refractivity contribution is 6.66. The lowest BCUT2D eigenvalue weighted by Gasteiger charge is -2.24. The van der Waals surface area contributed by atoms with Gasteiger partial charge in [0.2, 0.25) is 0 Å². The normalized spacial score (nSPS) is 10.9. The summed E-state index contributed by atoms with van der Waals surface area (Å²) in [5.74, 6) is 0. The largest absolute Gasteiger partial charge is 0.528 e. The van der Waals surface area contributed by atoms with E-state index in [2.05, 4.69) is 13.2 Å². The molecule has 0 radical (unpaired) electrons. The smallest absolute Gasteiger partial charge is 0.400 e. The number of rotatable bonds is 11. The lowest BCUT2D eigenvalue weighted by Crippen LogP contribution is -2.44. The average Bonchev–Trinajstić information content (AvgIpc) is 2.46. The van der Waals surface area contributed by atoms with Gasteiger partial charge in [0.1, 0.15) is 0 Å². The highest BCUT2D eigenvalue weighted by Crippen LogP contribution is 2.10.